The molecule has 1 N–H and O–H groups in total. The summed E-state index contributed by atoms with van der Waals surface area (Å²) in [4.78, 5) is 68.1. The fourth-order valence-electron chi connectivity index (χ4n) is 8.12. The molecule has 3 amide bonds. The summed E-state index contributed by atoms with van der Waals surface area (Å²) in [7, 11) is 0. The number of carbonyl (C=O) groups is 4. The predicted molar refractivity (Wildman–Crippen MR) is 194 cm³/mol. The molecule has 0 unspecified atom stereocenters. The molecule has 0 bridgehead atoms. The number of aryl methyl sites for hydroxylation is 1. The molecular formula is C40H46N6O4. The largest absolute Gasteiger partial charge is 0.358 e. The van der Waals surface area contributed by atoms with Crippen LogP contribution in [0.4, 0.5) is 0 Å². The minimum Gasteiger partial charge on any atom is -0.358 e. The lowest BCUT2D eigenvalue weighted by Crippen LogP contribution is -2.55. The van der Waals surface area contributed by atoms with Crippen LogP contribution < -0.4 is 0 Å². The molecule has 0 atom stereocenters. The van der Waals surface area contributed by atoms with Crippen LogP contribution in [0.15, 0.2) is 60.7 Å². The normalized spacial score (nSPS) is 18.1. The number of piperazine rings is 1. The van der Waals surface area contributed by atoms with Gasteiger partial charge in [0.15, 0.2) is 5.78 Å². The number of nitrogens with zero attached hydrogens (tertiary/aromatic N) is 5. The number of nitrogens with one attached hydrogen (secondary N) is 1. The highest BCUT2D eigenvalue weighted by molar-refractivity contribution is 6.09. The first-order valence-electron chi connectivity index (χ1n) is 17.9. The third kappa shape index (κ3) is 6.81. The molecule has 3 fully saturated rings. The molecule has 0 spiro atoms. The van der Waals surface area contributed by atoms with Crippen molar-refractivity contribution in [2.75, 3.05) is 52.4 Å². The maximum absolute atomic E-state index is 14.1. The van der Waals surface area contributed by atoms with Crippen LogP contribution >= 0.6 is 0 Å². The van der Waals surface area contributed by atoms with Gasteiger partial charge in [-0.25, -0.2) is 4.98 Å². The number of rotatable bonds is 6. The molecule has 0 aliphatic carbocycles. The van der Waals surface area contributed by atoms with Crippen molar-refractivity contribution in [1.82, 2.24) is 29.6 Å². The predicted octanol–water partition coefficient (Wildman–Crippen LogP) is 5.42. The Kier molecular flexibility index (Phi) is 9.55. The Morgan fingerprint density at radius 2 is 1.34 bits per heavy atom. The Balaban J connectivity index is 1.02. The zero-order chi connectivity index (χ0) is 34.9. The number of ketones is 1. The number of hydrogen-bond acceptors (Lipinski definition) is 6. The van der Waals surface area contributed by atoms with Crippen LogP contribution in [-0.4, -0.2) is 111 Å². The quantitative estimate of drug-likeness (QED) is 0.274. The van der Waals surface area contributed by atoms with E-state index in [-0.39, 0.29) is 29.4 Å². The molecule has 260 valence electrons. The van der Waals surface area contributed by atoms with E-state index in [0.717, 1.165) is 85.3 Å². The van der Waals surface area contributed by atoms with Gasteiger partial charge >= 0.3 is 0 Å². The van der Waals surface area contributed by atoms with Crippen LogP contribution in [0.3, 0.4) is 0 Å². The lowest BCUT2D eigenvalue weighted by molar-refractivity contribution is -0.141. The van der Waals surface area contributed by atoms with E-state index in [1.807, 2.05) is 82.3 Å². The summed E-state index contributed by atoms with van der Waals surface area (Å²) in [6.07, 6.45) is 3.39. The number of benzene rings is 2. The first-order valence-corrected chi connectivity index (χ1v) is 17.9. The summed E-state index contributed by atoms with van der Waals surface area (Å²) in [5.41, 5.74) is 6.21. The highest BCUT2D eigenvalue weighted by atomic mass is 16.2. The average Bonchev–Trinajstić information content (AvgIpc) is 3.49. The highest BCUT2D eigenvalue weighted by Gasteiger charge is 2.34. The molecule has 2 aromatic carbocycles. The van der Waals surface area contributed by atoms with Crippen LogP contribution in [0.2, 0.25) is 0 Å². The molecule has 3 saturated heterocycles. The molecule has 10 heteroatoms. The van der Waals surface area contributed by atoms with Gasteiger partial charge in [-0.15, -0.1) is 0 Å². The smallest absolute Gasteiger partial charge is 0.254 e. The lowest BCUT2D eigenvalue weighted by Gasteiger charge is -2.43. The van der Waals surface area contributed by atoms with Crippen molar-refractivity contribution in [3.63, 3.8) is 0 Å². The molecule has 0 saturated carbocycles. The second-order valence-electron chi connectivity index (χ2n) is 14.1. The van der Waals surface area contributed by atoms with Crippen LogP contribution in [0.25, 0.3) is 33.4 Å². The van der Waals surface area contributed by atoms with Gasteiger partial charge in [-0.3, -0.25) is 24.1 Å². The Morgan fingerprint density at radius 1 is 0.700 bits per heavy atom. The number of hydrogen-bond donors (Lipinski definition) is 1. The first kappa shape index (κ1) is 33.7. The zero-order valence-corrected chi connectivity index (χ0v) is 29.3. The van der Waals surface area contributed by atoms with Crippen LogP contribution in [0, 0.1) is 12.8 Å². The van der Waals surface area contributed by atoms with E-state index >= 15 is 0 Å². The molecule has 0 radical (unpaired) electrons. The zero-order valence-electron chi connectivity index (χ0n) is 29.3. The van der Waals surface area contributed by atoms with Gasteiger partial charge in [0.25, 0.3) is 5.91 Å². The first-order chi connectivity index (χ1) is 24.2. The standard InChI is InChI=1S/C40H46N6O4/c1-26-38(27(2)47)34-23-31(9-10-35(34)41-26)37-25-32(24-36(42-37)29-7-5-4-6-8-29)40(50)46-21-19-44(20-22-46)33-13-17-45(18-14-33)39(49)30-11-15-43(16-12-30)28(3)48/h4-10,23-25,30,33,41H,11-22H2,1-3H3. The van der Waals surface area contributed by atoms with Crippen molar-refractivity contribution in [2.24, 2.45) is 5.92 Å². The molecule has 3 aliphatic rings. The van der Waals surface area contributed by atoms with Crippen molar-refractivity contribution in [3.8, 4) is 22.5 Å². The van der Waals surface area contributed by atoms with E-state index in [1.165, 1.54) is 0 Å². The molecule has 4 aromatic rings. The second kappa shape index (κ2) is 14.2. The van der Waals surface area contributed by atoms with Crippen molar-refractivity contribution in [2.45, 2.75) is 52.5 Å². The van der Waals surface area contributed by atoms with Gasteiger partial charge in [-0.05, 0) is 63.8 Å². The van der Waals surface area contributed by atoms with E-state index < -0.39 is 0 Å². The second-order valence-corrected chi connectivity index (χ2v) is 14.1. The van der Waals surface area contributed by atoms with Crippen LogP contribution in [0.5, 0.6) is 0 Å². The minimum absolute atomic E-state index is 0.00801. The summed E-state index contributed by atoms with van der Waals surface area (Å²) >= 11 is 0. The number of carbonyl (C=O) groups excluding carboxylic acids is 4. The Hall–Kier alpha value is -4.83. The number of fused-ring (bicyclic) bond motifs is 1. The Morgan fingerprint density at radius 3 is 1.98 bits per heavy atom. The molecule has 10 nitrogen and oxygen atoms in total. The van der Waals surface area contributed by atoms with Crippen molar-refractivity contribution < 1.29 is 19.2 Å². The van der Waals surface area contributed by atoms with Crippen LogP contribution in [0.1, 0.15) is 65.9 Å². The molecule has 3 aliphatic heterocycles. The van der Waals surface area contributed by atoms with Gasteiger partial charge in [0.05, 0.1) is 11.4 Å². The number of aromatic amines is 1. The van der Waals surface area contributed by atoms with Gasteiger partial charge in [0, 0.05) is 110 Å². The van der Waals surface area contributed by atoms with Crippen molar-refractivity contribution in [3.05, 3.63) is 77.5 Å². The fraction of sp³-hybridized carbons (Fsp3) is 0.425. The minimum atomic E-state index is -0.00953. The lowest BCUT2D eigenvalue weighted by atomic mass is 9.93. The highest BCUT2D eigenvalue weighted by Crippen LogP contribution is 2.31. The number of likely N-dealkylation sites (tertiary alicyclic amines) is 2. The summed E-state index contributed by atoms with van der Waals surface area (Å²) in [6, 6.07) is 20.0. The average molecular weight is 675 g/mol. The van der Waals surface area contributed by atoms with Gasteiger partial charge in [-0.1, -0.05) is 36.4 Å². The summed E-state index contributed by atoms with van der Waals surface area (Å²) in [6.45, 7) is 10.8. The van der Waals surface area contributed by atoms with E-state index in [1.54, 1.807) is 13.8 Å². The number of pyridine rings is 1. The van der Waals surface area contributed by atoms with Crippen molar-refractivity contribution >= 4 is 34.4 Å². The van der Waals surface area contributed by atoms with Gasteiger partial charge in [0.2, 0.25) is 11.8 Å². The monoisotopic (exact) mass is 674 g/mol. The number of Topliss-reactive ketones (excluding diaryl/α,β-unsaturated/α-hetero) is 1. The number of aromatic nitrogens is 2. The number of amides is 3. The molecular weight excluding hydrogens is 628 g/mol. The topological polar surface area (TPSA) is 110 Å². The Labute approximate surface area is 293 Å². The van der Waals surface area contributed by atoms with Crippen molar-refractivity contribution in [1.29, 1.82) is 0 Å². The third-order valence-corrected chi connectivity index (χ3v) is 11.0. The third-order valence-electron chi connectivity index (χ3n) is 11.0. The van der Waals surface area contributed by atoms with Gasteiger partial charge < -0.3 is 19.7 Å². The van der Waals surface area contributed by atoms with Crippen LogP contribution in [-0.2, 0) is 9.59 Å². The molecule has 50 heavy (non-hydrogen) atoms. The summed E-state index contributed by atoms with van der Waals surface area (Å²) in [5.74, 6) is 0.354. The SMILES string of the molecule is CC(=O)c1c(C)[nH]c2ccc(-c3cc(C(=O)N4CCN(C5CCN(C(=O)C6CCN(C(C)=O)CC6)CC5)CC4)cc(-c4ccccc4)n3)cc12. The molecule has 7 rings (SSSR count). The maximum Gasteiger partial charge on any atom is 0.254 e. The number of H-pyrrole nitrogens is 1. The van der Waals surface area contributed by atoms with Gasteiger partial charge in [0.1, 0.15) is 0 Å². The maximum atomic E-state index is 14.1. The van der Waals surface area contributed by atoms with Gasteiger partial charge in [-0.2, -0.15) is 0 Å². The Bertz CT molecular complexity index is 1910. The molecule has 2 aromatic heterocycles. The van der Waals surface area contributed by atoms with E-state index in [4.69, 9.17) is 4.98 Å². The fourth-order valence-corrected chi connectivity index (χ4v) is 8.12. The molecule has 5 heterocycles. The summed E-state index contributed by atoms with van der Waals surface area (Å²) < 4.78 is 0. The van der Waals surface area contributed by atoms with E-state index in [2.05, 4.69) is 9.88 Å². The van der Waals surface area contributed by atoms with E-state index in [9.17, 15) is 19.2 Å². The van der Waals surface area contributed by atoms with E-state index in [0.29, 0.717) is 49.0 Å². The summed E-state index contributed by atoms with van der Waals surface area (Å²) in [5, 5.41) is 0.855. The number of piperidine rings is 2.